The molecule has 0 saturated carbocycles. The first kappa shape index (κ1) is 32.2. The molecule has 0 aromatic heterocycles. The van der Waals surface area contributed by atoms with Crippen LogP contribution in [0.5, 0.6) is 0 Å². The Balaban J connectivity index is 4.63. The molecule has 0 spiro atoms. The maximum Gasteiger partial charge on any atom is 0.364 e. The fraction of sp³-hybridized carbons (Fsp3) is 0.571. The van der Waals surface area contributed by atoms with E-state index >= 15 is 0 Å². The van der Waals surface area contributed by atoms with Gasteiger partial charge in [0.15, 0.2) is 0 Å². The van der Waals surface area contributed by atoms with Gasteiger partial charge in [0.05, 0.1) is 49.2 Å². The monoisotopic (exact) mass is 561 g/mol. The predicted molar refractivity (Wildman–Crippen MR) is 132 cm³/mol. The number of hydrogen-bond donors (Lipinski definition) is 1. The standard InChI is InChI=1S/C21H30N3O9P3/c1-7-15(6)33-34(25,26)19-16(12-22)20(35(27,29-8-2)30-9-3)18(14-24)21(17(19)13-23)36(28,31-10-4)32-11-5/h15H,7-11H2,1-6H3,(H,25,26). The van der Waals surface area contributed by atoms with Crippen LogP contribution in [0.1, 0.15) is 64.7 Å². The summed E-state index contributed by atoms with van der Waals surface area (Å²) in [5.41, 5.74) is -2.28. The maximum atomic E-state index is 13.9. The lowest BCUT2D eigenvalue weighted by atomic mass is 10.1. The zero-order chi connectivity index (χ0) is 27.7. The van der Waals surface area contributed by atoms with Crippen LogP contribution in [0.2, 0.25) is 0 Å². The van der Waals surface area contributed by atoms with Crippen molar-refractivity contribution in [2.24, 2.45) is 0 Å². The molecule has 0 radical (unpaired) electrons. The van der Waals surface area contributed by atoms with Gasteiger partial charge in [0, 0.05) is 0 Å². The molecule has 15 heteroatoms. The van der Waals surface area contributed by atoms with E-state index in [0.29, 0.717) is 0 Å². The Hall–Kier alpha value is -1.86. The van der Waals surface area contributed by atoms with E-state index in [2.05, 4.69) is 0 Å². The molecule has 0 aliphatic rings. The molecule has 1 aromatic carbocycles. The summed E-state index contributed by atoms with van der Waals surface area (Å²) >= 11 is 0. The first-order valence-corrected chi connectivity index (χ1v) is 15.8. The zero-order valence-corrected chi connectivity index (χ0v) is 23.7. The molecule has 0 fully saturated rings. The molecule has 0 aliphatic carbocycles. The molecule has 0 aliphatic heterocycles. The van der Waals surface area contributed by atoms with E-state index in [1.807, 2.05) is 0 Å². The van der Waals surface area contributed by atoms with Crippen LogP contribution in [0.3, 0.4) is 0 Å². The van der Waals surface area contributed by atoms with Gasteiger partial charge in [-0.2, -0.15) is 15.8 Å². The minimum Gasteiger partial charge on any atom is -0.321 e. The fourth-order valence-corrected chi connectivity index (χ4v) is 8.91. The summed E-state index contributed by atoms with van der Waals surface area (Å²) < 4.78 is 68.0. The van der Waals surface area contributed by atoms with E-state index in [1.165, 1.54) is 34.6 Å². The van der Waals surface area contributed by atoms with Crippen molar-refractivity contribution in [2.45, 2.75) is 54.1 Å². The molecule has 36 heavy (non-hydrogen) atoms. The third kappa shape index (κ3) is 6.52. The molecule has 12 nitrogen and oxygen atoms in total. The van der Waals surface area contributed by atoms with Gasteiger partial charge in [0.1, 0.15) is 34.1 Å². The van der Waals surface area contributed by atoms with Gasteiger partial charge in [-0.15, -0.1) is 0 Å². The largest absolute Gasteiger partial charge is 0.364 e. The highest BCUT2D eigenvalue weighted by Crippen LogP contribution is 2.55. The highest BCUT2D eigenvalue weighted by molar-refractivity contribution is 7.65. The van der Waals surface area contributed by atoms with Gasteiger partial charge in [0.25, 0.3) is 0 Å². The number of benzene rings is 1. The van der Waals surface area contributed by atoms with Crippen molar-refractivity contribution in [2.75, 3.05) is 26.4 Å². The SMILES string of the molecule is CCOP(=O)(OCC)c1c(C#N)c(P(=O)(O)OC(C)CC)c(C#N)c(P(=O)(OCC)OCC)c1C#N. The van der Waals surface area contributed by atoms with E-state index in [9.17, 15) is 34.4 Å². The van der Waals surface area contributed by atoms with E-state index in [1.54, 1.807) is 25.1 Å². The highest BCUT2D eigenvalue weighted by atomic mass is 31.2. The molecule has 1 N–H and O–H groups in total. The van der Waals surface area contributed by atoms with Gasteiger partial charge in [-0.05, 0) is 41.0 Å². The van der Waals surface area contributed by atoms with Crippen molar-refractivity contribution in [3.8, 4) is 18.2 Å². The van der Waals surface area contributed by atoms with Crippen molar-refractivity contribution in [1.82, 2.24) is 0 Å². The smallest absolute Gasteiger partial charge is 0.321 e. The summed E-state index contributed by atoms with van der Waals surface area (Å²) in [7, 11) is -14.2. The second-order valence-corrected chi connectivity index (χ2v) is 12.6. The van der Waals surface area contributed by atoms with Gasteiger partial charge in [-0.1, -0.05) is 6.92 Å². The third-order valence-electron chi connectivity index (χ3n) is 4.68. The fourth-order valence-electron chi connectivity index (χ4n) is 3.24. The van der Waals surface area contributed by atoms with Crippen molar-refractivity contribution in [1.29, 1.82) is 15.8 Å². The van der Waals surface area contributed by atoms with Crippen LogP contribution in [0.25, 0.3) is 0 Å². The Kier molecular flexibility index (Phi) is 12.2. The summed E-state index contributed by atoms with van der Waals surface area (Å²) in [5.74, 6) is 0. The second kappa shape index (κ2) is 13.6. The predicted octanol–water partition coefficient (Wildman–Crippen LogP) is 3.71. The van der Waals surface area contributed by atoms with Crippen molar-refractivity contribution in [3.05, 3.63) is 16.7 Å². The lowest BCUT2D eigenvalue weighted by molar-refractivity contribution is 0.192. The minimum atomic E-state index is -5.04. The van der Waals surface area contributed by atoms with Crippen molar-refractivity contribution >= 4 is 38.7 Å². The number of nitriles is 3. The average molecular weight is 561 g/mol. The van der Waals surface area contributed by atoms with Gasteiger partial charge >= 0.3 is 22.8 Å². The minimum absolute atomic E-state index is 0.202. The number of hydrogen-bond acceptors (Lipinski definition) is 11. The molecule has 198 valence electrons. The summed E-state index contributed by atoms with van der Waals surface area (Å²) in [6, 6.07) is 5.03. The molecule has 0 amide bonds. The van der Waals surface area contributed by atoms with Gasteiger partial charge < -0.3 is 27.5 Å². The summed E-state index contributed by atoms with van der Waals surface area (Å²) in [6.45, 7) is 8.26. The van der Waals surface area contributed by atoms with Crippen molar-refractivity contribution < 1.29 is 41.2 Å². The van der Waals surface area contributed by atoms with Gasteiger partial charge in [0.2, 0.25) is 0 Å². The Bertz CT molecular complexity index is 1140. The molecule has 2 unspecified atom stereocenters. The van der Waals surface area contributed by atoms with Crippen molar-refractivity contribution in [3.63, 3.8) is 0 Å². The summed E-state index contributed by atoms with van der Waals surface area (Å²) in [6.07, 6.45) is -0.519. The average Bonchev–Trinajstić information content (AvgIpc) is 2.82. The Morgan fingerprint density at radius 2 is 1.00 bits per heavy atom. The lowest BCUT2D eigenvalue weighted by Gasteiger charge is -2.27. The maximum absolute atomic E-state index is 13.9. The Morgan fingerprint density at radius 3 is 1.25 bits per heavy atom. The first-order valence-electron chi connectivity index (χ1n) is 11.2. The van der Waals surface area contributed by atoms with E-state index in [0.717, 1.165) is 0 Å². The van der Waals surface area contributed by atoms with Crippen LogP contribution in [-0.2, 0) is 36.3 Å². The van der Waals surface area contributed by atoms with Gasteiger partial charge in [-0.25, -0.2) is 0 Å². The van der Waals surface area contributed by atoms with Crippen LogP contribution in [0.4, 0.5) is 0 Å². The Morgan fingerprint density at radius 1 is 0.694 bits per heavy atom. The first-order chi connectivity index (χ1) is 16.9. The molecule has 1 rings (SSSR count). The normalized spacial score (nSPS) is 14.3. The van der Waals surface area contributed by atoms with Crippen LogP contribution in [-0.4, -0.2) is 37.4 Å². The third-order valence-corrected chi connectivity index (χ3v) is 10.7. The second-order valence-electron chi connectivity index (χ2n) is 7.02. The molecule has 0 saturated heterocycles. The molecule has 2 atom stereocenters. The van der Waals surface area contributed by atoms with Crippen LogP contribution in [0, 0.1) is 34.0 Å². The number of nitrogens with zero attached hydrogens (tertiary/aromatic N) is 3. The quantitative estimate of drug-likeness (QED) is 0.325. The topological polar surface area (TPSA) is 189 Å². The van der Waals surface area contributed by atoms with E-state index in [-0.39, 0.29) is 32.8 Å². The summed E-state index contributed by atoms with van der Waals surface area (Å²) in [4.78, 5) is 11.0. The van der Waals surface area contributed by atoms with Crippen LogP contribution < -0.4 is 15.9 Å². The van der Waals surface area contributed by atoms with Crippen LogP contribution in [0.15, 0.2) is 0 Å². The van der Waals surface area contributed by atoms with E-state index in [4.69, 9.17) is 22.6 Å². The molecule has 0 heterocycles. The highest BCUT2D eigenvalue weighted by Gasteiger charge is 2.47. The number of rotatable bonds is 14. The van der Waals surface area contributed by atoms with Gasteiger partial charge in [-0.3, -0.25) is 13.7 Å². The zero-order valence-electron chi connectivity index (χ0n) is 21.0. The molecular formula is C21H30N3O9P3. The van der Waals surface area contributed by atoms with E-state index < -0.39 is 61.5 Å². The molecule has 0 bridgehead atoms. The Labute approximate surface area is 211 Å². The molecule has 1 aromatic rings. The molecular weight excluding hydrogens is 531 g/mol. The van der Waals surface area contributed by atoms with Crippen LogP contribution >= 0.6 is 22.8 Å². The lowest BCUT2D eigenvalue weighted by Crippen LogP contribution is -2.37. The summed E-state index contributed by atoms with van der Waals surface area (Å²) in [5, 5.41) is 27.9.